The first kappa shape index (κ1) is 16.3. The number of halogens is 1. The molecule has 2 aromatic heterocycles. The summed E-state index contributed by atoms with van der Waals surface area (Å²) in [5.74, 6) is 0.630. The lowest BCUT2D eigenvalue weighted by Crippen LogP contribution is -2.22. The van der Waals surface area contributed by atoms with Crippen LogP contribution in [0.4, 0.5) is 0 Å². The van der Waals surface area contributed by atoms with E-state index in [1.165, 1.54) is 10.7 Å². The predicted molar refractivity (Wildman–Crippen MR) is 97.2 cm³/mol. The van der Waals surface area contributed by atoms with Crippen molar-refractivity contribution < 1.29 is 4.52 Å². The lowest BCUT2D eigenvalue weighted by atomic mass is 10.2. The first-order valence-corrected chi connectivity index (χ1v) is 8.33. The lowest BCUT2D eigenvalue weighted by Gasteiger charge is -2.07. The van der Waals surface area contributed by atoms with Gasteiger partial charge in [0.25, 0.3) is 11.4 Å². The van der Waals surface area contributed by atoms with Crippen molar-refractivity contribution in [3.8, 4) is 11.6 Å². The Morgan fingerprint density at radius 3 is 2.85 bits per heavy atom. The first-order valence-electron chi connectivity index (χ1n) is 7.95. The molecule has 0 spiro atoms. The molecule has 0 radical (unpaired) electrons. The van der Waals surface area contributed by atoms with Crippen molar-refractivity contribution >= 4 is 17.2 Å². The summed E-state index contributed by atoms with van der Waals surface area (Å²) in [6, 6.07) is 12.6. The van der Waals surface area contributed by atoms with Gasteiger partial charge in [0.05, 0.1) is 13.1 Å². The Balaban J connectivity index is 1.64. The highest BCUT2D eigenvalue weighted by molar-refractivity contribution is 6.30. The number of nitrogens with one attached hydrogen (secondary N) is 1. The van der Waals surface area contributed by atoms with Gasteiger partial charge in [-0.05, 0) is 17.7 Å². The van der Waals surface area contributed by atoms with Gasteiger partial charge < -0.3 is 9.84 Å². The fourth-order valence-electron chi connectivity index (χ4n) is 2.53. The maximum Gasteiger partial charge on any atom is 0.278 e. The second kappa shape index (κ2) is 6.97. The number of dihydropyridines is 1. The topological polar surface area (TPSA) is 85.8 Å². The molecule has 3 heterocycles. The highest BCUT2D eigenvalue weighted by Gasteiger charge is 2.15. The number of hydrogen-bond acceptors (Lipinski definition) is 6. The minimum absolute atomic E-state index is 0.203. The summed E-state index contributed by atoms with van der Waals surface area (Å²) in [6.07, 6.45) is 3.54. The number of benzene rings is 1. The van der Waals surface area contributed by atoms with Gasteiger partial charge >= 0.3 is 0 Å². The molecule has 0 atom stereocenters. The number of nitrogens with zero attached hydrogens (tertiary/aromatic N) is 4. The zero-order valence-electron chi connectivity index (χ0n) is 13.6. The molecular weight excluding hydrogens is 354 g/mol. The van der Waals surface area contributed by atoms with E-state index >= 15 is 0 Å². The van der Waals surface area contributed by atoms with Crippen molar-refractivity contribution in [3.05, 3.63) is 81.5 Å². The molecular formula is C18H14ClN5O2. The highest BCUT2D eigenvalue weighted by Crippen LogP contribution is 2.21. The highest BCUT2D eigenvalue weighted by atomic mass is 35.5. The number of allylic oxidation sites excluding steroid dienone is 2. The molecule has 1 aliphatic rings. The van der Waals surface area contributed by atoms with E-state index in [0.29, 0.717) is 35.2 Å². The molecule has 1 N–H and O–H groups in total. The van der Waals surface area contributed by atoms with Crippen LogP contribution in [-0.4, -0.2) is 26.5 Å². The third-order valence-electron chi connectivity index (χ3n) is 3.79. The quantitative estimate of drug-likeness (QED) is 0.762. The SMILES string of the molecule is O=c1ccc(-c2nc(C3=CNCC(Cl)=C3)no2)nn1Cc1ccccc1. The molecule has 0 unspecified atom stereocenters. The summed E-state index contributed by atoms with van der Waals surface area (Å²) >= 11 is 6.02. The maximum atomic E-state index is 12.1. The van der Waals surface area contributed by atoms with Crippen LogP contribution in [-0.2, 0) is 6.54 Å². The van der Waals surface area contributed by atoms with Gasteiger partial charge in [-0.1, -0.05) is 47.1 Å². The van der Waals surface area contributed by atoms with Crippen LogP contribution in [0.25, 0.3) is 17.2 Å². The summed E-state index contributed by atoms with van der Waals surface area (Å²) in [7, 11) is 0. The molecule has 4 rings (SSSR count). The van der Waals surface area contributed by atoms with Gasteiger partial charge in [0.2, 0.25) is 5.82 Å². The van der Waals surface area contributed by atoms with Gasteiger partial charge in [-0.25, -0.2) is 4.68 Å². The molecule has 26 heavy (non-hydrogen) atoms. The normalized spacial score (nSPS) is 13.7. The Labute approximate surface area is 153 Å². The Morgan fingerprint density at radius 2 is 2.04 bits per heavy atom. The van der Waals surface area contributed by atoms with Crippen LogP contribution >= 0.6 is 11.6 Å². The van der Waals surface area contributed by atoms with E-state index in [4.69, 9.17) is 16.1 Å². The zero-order chi connectivity index (χ0) is 17.9. The molecule has 130 valence electrons. The average molecular weight is 368 g/mol. The summed E-state index contributed by atoms with van der Waals surface area (Å²) in [4.78, 5) is 16.4. The summed E-state index contributed by atoms with van der Waals surface area (Å²) in [6.45, 7) is 0.934. The molecule has 0 saturated heterocycles. The van der Waals surface area contributed by atoms with E-state index in [1.807, 2.05) is 30.3 Å². The number of aromatic nitrogens is 4. The van der Waals surface area contributed by atoms with Crippen molar-refractivity contribution in [3.63, 3.8) is 0 Å². The zero-order valence-corrected chi connectivity index (χ0v) is 14.3. The average Bonchev–Trinajstić information content (AvgIpc) is 3.15. The van der Waals surface area contributed by atoms with Gasteiger partial charge in [0, 0.05) is 22.9 Å². The van der Waals surface area contributed by atoms with Crippen molar-refractivity contribution in [1.82, 2.24) is 25.2 Å². The summed E-state index contributed by atoms with van der Waals surface area (Å²) in [5.41, 5.74) is 1.92. The Bertz CT molecular complexity index is 1050. The molecule has 0 saturated carbocycles. The van der Waals surface area contributed by atoms with Crippen molar-refractivity contribution in [2.75, 3.05) is 6.54 Å². The largest absolute Gasteiger partial charge is 0.385 e. The second-order valence-electron chi connectivity index (χ2n) is 5.69. The van der Waals surface area contributed by atoms with Gasteiger partial charge in [0.15, 0.2) is 0 Å². The smallest absolute Gasteiger partial charge is 0.278 e. The van der Waals surface area contributed by atoms with Crippen LogP contribution in [0.2, 0.25) is 0 Å². The maximum absolute atomic E-state index is 12.1. The predicted octanol–water partition coefficient (Wildman–Crippen LogP) is 2.41. The lowest BCUT2D eigenvalue weighted by molar-refractivity contribution is 0.425. The molecule has 0 amide bonds. The van der Waals surface area contributed by atoms with Crippen LogP contribution in [0.5, 0.6) is 0 Å². The third kappa shape index (κ3) is 3.43. The van der Waals surface area contributed by atoms with Crippen LogP contribution < -0.4 is 10.9 Å². The van der Waals surface area contributed by atoms with E-state index in [-0.39, 0.29) is 11.4 Å². The Kier molecular flexibility index (Phi) is 4.37. The minimum atomic E-state index is -0.203. The van der Waals surface area contributed by atoms with Crippen molar-refractivity contribution in [2.24, 2.45) is 0 Å². The van der Waals surface area contributed by atoms with Gasteiger partial charge in [-0.3, -0.25) is 4.79 Å². The summed E-state index contributed by atoms with van der Waals surface area (Å²) < 4.78 is 6.67. The number of rotatable bonds is 4. The Hall–Kier alpha value is -3.19. The standard InChI is InChI=1S/C18H14ClN5O2/c19-14-8-13(9-20-10-14)17-21-18(26-23-17)15-6-7-16(25)24(22-15)11-12-4-2-1-3-5-12/h1-9,20H,10-11H2. The van der Waals surface area contributed by atoms with E-state index in [1.54, 1.807) is 18.3 Å². The van der Waals surface area contributed by atoms with E-state index in [0.717, 1.165) is 5.56 Å². The van der Waals surface area contributed by atoms with Crippen LogP contribution in [0.15, 0.2) is 69.1 Å². The van der Waals surface area contributed by atoms with Gasteiger partial charge in [0.1, 0.15) is 5.69 Å². The van der Waals surface area contributed by atoms with Crippen LogP contribution in [0.3, 0.4) is 0 Å². The van der Waals surface area contributed by atoms with E-state index in [9.17, 15) is 4.79 Å². The van der Waals surface area contributed by atoms with E-state index < -0.39 is 0 Å². The minimum Gasteiger partial charge on any atom is -0.385 e. The molecule has 0 bridgehead atoms. The molecule has 3 aromatic rings. The third-order valence-corrected chi connectivity index (χ3v) is 4.03. The second-order valence-corrected chi connectivity index (χ2v) is 6.18. The molecule has 8 heteroatoms. The van der Waals surface area contributed by atoms with E-state index in [2.05, 4.69) is 20.6 Å². The van der Waals surface area contributed by atoms with Crippen molar-refractivity contribution in [2.45, 2.75) is 6.54 Å². The van der Waals surface area contributed by atoms with Gasteiger partial charge in [-0.15, -0.1) is 0 Å². The van der Waals surface area contributed by atoms with Crippen molar-refractivity contribution in [1.29, 1.82) is 0 Å². The molecule has 0 fully saturated rings. The molecule has 1 aromatic carbocycles. The molecule has 7 nitrogen and oxygen atoms in total. The van der Waals surface area contributed by atoms with Crippen LogP contribution in [0.1, 0.15) is 11.4 Å². The summed E-state index contributed by atoms with van der Waals surface area (Å²) in [5, 5.41) is 12.0. The first-order chi connectivity index (χ1) is 12.7. The monoisotopic (exact) mass is 367 g/mol. The number of hydrogen-bond donors (Lipinski definition) is 1. The van der Waals surface area contributed by atoms with Crippen LogP contribution in [0, 0.1) is 0 Å². The molecule has 1 aliphatic heterocycles. The van der Waals surface area contributed by atoms with Gasteiger partial charge in [-0.2, -0.15) is 10.1 Å². The fraction of sp³-hybridized carbons (Fsp3) is 0.111. The fourth-order valence-corrected chi connectivity index (χ4v) is 2.72. The Morgan fingerprint density at radius 1 is 1.19 bits per heavy atom. The molecule has 0 aliphatic carbocycles.